The number of sulfonamides is 1. The third kappa shape index (κ3) is 6.79. The maximum absolute atomic E-state index is 11.8. The number of aliphatic hydroxyl groups excluding tert-OH is 1. The molecule has 3 heterocycles. The molecular formula is C27H33ClN8O3S. The molecular weight excluding hydrogens is 552 g/mol. The average molecular weight is 585 g/mol. The number of nitriles is 1. The minimum atomic E-state index is -3.20. The zero-order chi connectivity index (χ0) is 28.3. The molecule has 0 atom stereocenters. The molecule has 1 aliphatic carbocycles. The first-order valence-corrected chi connectivity index (χ1v) is 15.7. The van der Waals surface area contributed by atoms with Crippen molar-refractivity contribution in [2.45, 2.75) is 63.3 Å². The molecule has 11 nitrogen and oxygen atoms in total. The van der Waals surface area contributed by atoms with Crippen LogP contribution in [0.4, 0.5) is 5.95 Å². The zero-order valence-electron chi connectivity index (χ0n) is 22.3. The van der Waals surface area contributed by atoms with Crippen LogP contribution in [-0.4, -0.2) is 75.1 Å². The van der Waals surface area contributed by atoms with E-state index in [1.165, 1.54) is 16.8 Å². The summed E-state index contributed by atoms with van der Waals surface area (Å²) in [6, 6.07) is 8.42. The smallest absolute Gasteiger partial charge is 0.223 e. The van der Waals surface area contributed by atoms with Gasteiger partial charge in [-0.25, -0.2) is 27.4 Å². The van der Waals surface area contributed by atoms with E-state index in [0.717, 1.165) is 31.2 Å². The van der Waals surface area contributed by atoms with Crippen molar-refractivity contribution in [3.8, 4) is 23.0 Å². The highest BCUT2D eigenvalue weighted by Gasteiger charge is 2.25. The Balaban J connectivity index is 1.27. The molecule has 3 aromatic rings. The van der Waals surface area contributed by atoms with Crippen molar-refractivity contribution in [1.82, 2.24) is 29.4 Å². The van der Waals surface area contributed by atoms with Gasteiger partial charge in [0.25, 0.3) is 0 Å². The summed E-state index contributed by atoms with van der Waals surface area (Å²) in [7, 11) is -3.20. The highest BCUT2D eigenvalue weighted by molar-refractivity contribution is 7.88. The van der Waals surface area contributed by atoms with Gasteiger partial charge in [0.1, 0.15) is 6.07 Å². The number of hydrogen-bond acceptors (Lipinski definition) is 9. The summed E-state index contributed by atoms with van der Waals surface area (Å²) in [5.41, 5.74) is 3.19. The molecule has 1 aromatic carbocycles. The van der Waals surface area contributed by atoms with Crippen molar-refractivity contribution < 1.29 is 13.5 Å². The minimum Gasteiger partial charge on any atom is -0.393 e. The number of nitrogens with one attached hydrogen (secondary N) is 2. The summed E-state index contributed by atoms with van der Waals surface area (Å²) in [6.45, 7) is 1.57. The van der Waals surface area contributed by atoms with Gasteiger partial charge in [-0.3, -0.25) is 0 Å². The van der Waals surface area contributed by atoms with Crippen LogP contribution in [0.5, 0.6) is 0 Å². The number of aromatic nitrogens is 4. The van der Waals surface area contributed by atoms with Crippen molar-refractivity contribution >= 4 is 27.6 Å². The standard InChI is InChI=1S/C27H33ClN8O3S/c1-40(38,39)35-10-8-22(9-11-35)33-27-31-15-19(13-29)26(34-27)20-16-32-36(17-20)25-7-2-18(12-24(25)28)14-30-21-3-5-23(37)6-4-21/h2,7,12,15-17,21-23,30,37H,3-6,8-11,14H2,1H3,(H,31,33,34). The van der Waals surface area contributed by atoms with E-state index in [0.29, 0.717) is 72.0 Å². The largest absolute Gasteiger partial charge is 0.393 e. The predicted octanol–water partition coefficient (Wildman–Crippen LogP) is 3.08. The Morgan fingerprint density at radius 1 is 1.12 bits per heavy atom. The average Bonchev–Trinajstić information content (AvgIpc) is 3.42. The lowest BCUT2D eigenvalue weighted by molar-refractivity contribution is 0.116. The number of benzene rings is 1. The molecule has 0 spiro atoms. The summed E-state index contributed by atoms with van der Waals surface area (Å²) >= 11 is 6.64. The lowest BCUT2D eigenvalue weighted by Crippen LogP contribution is -2.42. The van der Waals surface area contributed by atoms with Crippen LogP contribution in [0.2, 0.25) is 5.02 Å². The second-order valence-electron chi connectivity index (χ2n) is 10.5. The fourth-order valence-electron chi connectivity index (χ4n) is 5.23. The minimum absolute atomic E-state index is 0.0260. The van der Waals surface area contributed by atoms with Crippen molar-refractivity contribution in [1.29, 1.82) is 5.26 Å². The third-order valence-corrected chi connectivity index (χ3v) is 9.18. The summed E-state index contributed by atoms with van der Waals surface area (Å²) in [5.74, 6) is 0.377. The van der Waals surface area contributed by atoms with Crippen LogP contribution in [0.15, 0.2) is 36.8 Å². The van der Waals surface area contributed by atoms with E-state index < -0.39 is 10.0 Å². The molecule has 1 saturated heterocycles. The number of anilines is 1. The Morgan fingerprint density at radius 3 is 2.55 bits per heavy atom. The fourth-order valence-corrected chi connectivity index (χ4v) is 6.40. The first-order valence-electron chi connectivity index (χ1n) is 13.4. The van der Waals surface area contributed by atoms with Crippen molar-refractivity contribution in [3.05, 3.63) is 52.9 Å². The van der Waals surface area contributed by atoms with Gasteiger partial charge in [0.05, 0.1) is 46.7 Å². The monoisotopic (exact) mass is 584 g/mol. The van der Waals surface area contributed by atoms with E-state index in [4.69, 9.17) is 11.6 Å². The van der Waals surface area contributed by atoms with E-state index in [1.54, 1.807) is 17.1 Å². The van der Waals surface area contributed by atoms with E-state index in [-0.39, 0.29) is 12.1 Å². The van der Waals surface area contributed by atoms with Crippen LogP contribution in [-0.2, 0) is 16.6 Å². The number of aliphatic hydroxyl groups is 1. The molecule has 3 N–H and O–H groups in total. The molecule has 0 amide bonds. The van der Waals surface area contributed by atoms with Gasteiger partial charge < -0.3 is 15.7 Å². The van der Waals surface area contributed by atoms with Crippen LogP contribution < -0.4 is 10.6 Å². The quantitative estimate of drug-likeness (QED) is 0.363. The van der Waals surface area contributed by atoms with Gasteiger partial charge in [0.15, 0.2) is 0 Å². The van der Waals surface area contributed by atoms with Gasteiger partial charge in [-0.2, -0.15) is 10.4 Å². The van der Waals surface area contributed by atoms with Crippen LogP contribution in [0.3, 0.4) is 0 Å². The Hall–Kier alpha value is -3.08. The Labute approximate surface area is 239 Å². The maximum atomic E-state index is 11.8. The highest BCUT2D eigenvalue weighted by atomic mass is 35.5. The molecule has 1 saturated carbocycles. The fraction of sp³-hybridized carbons (Fsp3) is 0.481. The topological polar surface area (TPSA) is 149 Å². The first-order chi connectivity index (χ1) is 19.2. The molecule has 212 valence electrons. The molecule has 2 fully saturated rings. The Bertz CT molecular complexity index is 1490. The lowest BCUT2D eigenvalue weighted by atomic mass is 9.93. The SMILES string of the molecule is CS(=O)(=O)N1CCC(Nc2ncc(C#N)c(-c3cnn(-c4ccc(CNC5CCC(O)CC5)cc4Cl)c3)n2)CC1. The van der Waals surface area contributed by atoms with Crippen LogP contribution in [0.25, 0.3) is 16.9 Å². The van der Waals surface area contributed by atoms with Crippen molar-refractivity contribution in [2.24, 2.45) is 0 Å². The van der Waals surface area contributed by atoms with E-state index in [2.05, 4.69) is 31.8 Å². The number of halogens is 1. The lowest BCUT2D eigenvalue weighted by Gasteiger charge is -2.30. The van der Waals surface area contributed by atoms with E-state index in [1.807, 2.05) is 18.2 Å². The van der Waals surface area contributed by atoms with Gasteiger partial charge >= 0.3 is 0 Å². The van der Waals surface area contributed by atoms with Crippen LogP contribution in [0.1, 0.15) is 49.7 Å². The number of nitrogens with zero attached hydrogens (tertiary/aromatic N) is 6. The molecule has 40 heavy (non-hydrogen) atoms. The summed E-state index contributed by atoms with van der Waals surface area (Å²) in [5, 5.41) is 31.2. The number of rotatable bonds is 8. The third-order valence-electron chi connectivity index (χ3n) is 7.57. The van der Waals surface area contributed by atoms with E-state index in [9.17, 15) is 18.8 Å². The normalized spacial score (nSPS) is 20.8. The predicted molar refractivity (Wildman–Crippen MR) is 152 cm³/mol. The number of piperidine rings is 1. The number of hydrogen-bond donors (Lipinski definition) is 3. The molecule has 5 rings (SSSR count). The first kappa shape index (κ1) is 28.4. The van der Waals surface area contributed by atoms with Gasteiger partial charge in [-0.15, -0.1) is 0 Å². The molecule has 2 aromatic heterocycles. The van der Waals surface area contributed by atoms with Gasteiger partial charge in [-0.05, 0) is 56.2 Å². The molecule has 0 bridgehead atoms. The van der Waals surface area contributed by atoms with Gasteiger partial charge in [-0.1, -0.05) is 17.7 Å². The van der Waals surface area contributed by atoms with Crippen molar-refractivity contribution in [2.75, 3.05) is 24.7 Å². The molecule has 13 heteroatoms. The molecule has 2 aliphatic rings. The summed E-state index contributed by atoms with van der Waals surface area (Å²) in [6.07, 6.45) is 10.8. The summed E-state index contributed by atoms with van der Waals surface area (Å²) in [4.78, 5) is 8.90. The maximum Gasteiger partial charge on any atom is 0.223 e. The Kier molecular flexibility index (Phi) is 8.68. The van der Waals surface area contributed by atoms with Gasteiger partial charge in [0.2, 0.25) is 16.0 Å². The van der Waals surface area contributed by atoms with Crippen LogP contribution in [0, 0.1) is 11.3 Å². The van der Waals surface area contributed by atoms with Gasteiger partial charge in [0, 0.05) is 43.5 Å². The highest BCUT2D eigenvalue weighted by Crippen LogP contribution is 2.27. The van der Waals surface area contributed by atoms with Crippen molar-refractivity contribution in [3.63, 3.8) is 0 Å². The molecule has 0 radical (unpaired) electrons. The van der Waals surface area contributed by atoms with E-state index >= 15 is 0 Å². The second kappa shape index (κ2) is 12.2. The molecule has 1 aliphatic heterocycles. The zero-order valence-corrected chi connectivity index (χ0v) is 23.9. The van der Waals surface area contributed by atoms with Crippen LogP contribution >= 0.6 is 11.6 Å². The molecule has 0 unspecified atom stereocenters. The second-order valence-corrected chi connectivity index (χ2v) is 12.9. The Morgan fingerprint density at radius 2 is 1.88 bits per heavy atom. The summed E-state index contributed by atoms with van der Waals surface area (Å²) < 4.78 is 26.7.